The van der Waals surface area contributed by atoms with Gasteiger partial charge in [-0.05, 0) is 55.4 Å². The molecule has 1 saturated carbocycles. The molecule has 1 aromatic rings. The Morgan fingerprint density at radius 1 is 1.24 bits per heavy atom. The number of pyridine rings is 1. The topological polar surface area (TPSA) is 37.0 Å². The van der Waals surface area contributed by atoms with Gasteiger partial charge in [-0.2, -0.15) is 13.2 Å². The molecule has 0 spiro atoms. The fraction of sp³-hybridized carbons (Fsp3) is 0.500. The average molecular weight is 424 g/mol. The number of nitrogens with zero attached hydrogens (tertiary/aromatic N) is 1. The van der Waals surface area contributed by atoms with Gasteiger partial charge in [0.25, 0.3) is 0 Å². The van der Waals surface area contributed by atoms with E-state index in [2.05, 4.69) is 29.1 Å². The average Bonchev–Trinajstić information content (AvgIpc) is 3.12. The third-order valence-corrected chi connectivity index (χ3v) is 6.81. The number of rotatable bonds is 8. The van der Waals surface area contributed by atoms with Gasteiger partial charge in [0, 0.05) is 28.2 Å². The molecule has 1 aliphatic carbocycles. The van der Waals surface area contributed by atoms with Crippen LogP contribution in [0.3, 0.4) is 0 Å². The van der Waals surface area contributed by atoms with Gasteiger partial charge in [0.2, 0.25) is 0 Å². The Kier molecular flexibility index (Phi) is 6.98. The van der Waals surface area contributed by atoms with Gasteiger partial charge >= 0.3 is 6.18 Å². The normalized spacial score (nSPS) is 18.8. The number of halogens is 3. The zero-order chi connectivity index (χ0) is 20.9. The van der Waals surface area contributed by atoms with Crippen molar-refractivity contribution in [3.8, 4) is 0 Å². The van der Waals surface area contributed by atoms with Crippen LogP contribution in [0.4, 0.5) is 13.2 Å². The largest absolute Gasteiger partial charge is 0.434 e. The summed E-state index contributed by atoms with van der Waals surface area (Å²) < 4.78 is 39.5. The number of thioether (sulfide) groups is 1. The fourth-order valence-corrected chi connectivity index (χ4v) is 5.23. The van der Waals surface area contributed by atoms with E-state index < -0.39 is 11.9 Å². The second-order valence-electron chi connectivity index (χ2n) is 7.80. The molecule has 0 unspecified atom stereocenters. The molecule has 2 N–H and O–H groups in total. The lowest BCUT2D eigenvalue weighted by Gasteiger charge is -2.29. The number of hydrogen-bond acceptors (Lipinski definition) is 4. The van der Waals surface area contributed by atoms with Crippen LogP contribution in [0.25, 0.3) is 0 Å². The molecule has 0 atom stereocenters. The second kappa shape index (κ2) is 9.28. The van der Waals surface area contributed by atoms with Crippen LogP contribution in [-0.2, 0) is 6.18 Å². The van der Waals surface area contributed by atoms with Crippen LogP contribution >= 0.6 is 11.8 Å². The molecule has 158 valence electrons. The minimum Gasteiger partial charge on any atom is -0.372 e. The minimum atomic E-state index is -4.48. The number of dihydropyridines is 1. The molecule has 2 heterocycles. The van der Waals surface area contributed by atoms with Crippen molar-refractivity contribution in [2.24, 2.45) is 5.41 Å². The second-order valence-corrected chi connectivity index (χ2v) is 8.88. The number of hydrogen-bond donors (Lipinski definition) is 2. The lowest BCUT2D eigenvalue weighted by Crippen LogP contribution is -2.31. The van der Waals surface area contributed by atoms with E-state index in [1.165, 1.54) is 50.7 Å². The van der Waals surface area contributed by atoms with Crippen LogP contribution in [0, 0.1) is 5.41 Å². The summed E-state index contributed by atoms with van der Waals surface area (Å²) in [5.41, 5.74) is 0.185. The predicted molar refractivity (Wildman–Crippen MR) is 112 cm³/mol. The van der Waals surface area contributed by atoms with Gasteiger partial charge in [0.15, 0.2) is 5.69 Å². The van der Waals surface area contributed by atoms with E-state index in [1.54, 1.807) is 6.08 Å². The summed E-state index contributed by atoms with van der Waals surface area (Å²) in [7, 11) is 0. The zero-order valence-corrected chi connectivity index (χ0v) is 17.6. The molecule has 0 aromatic carbocycles. The van der Waals surface area contributed by atoms with Crippen molar-refractivity contribution in [2.45, 2.75) is 62.9 Å². The number of nitrogens with one attached hydrogen (secondary N) is 2. The highest BCUT2D eigenvalue weighted by Crippen LogP contribution is 2.44. The van der Waals surface area contributed by atoms with Gasteiger partial charge in [0.1, 0.15) is 5.82 Å². The van der Waals surface area contributed by atoms with Gasteiger partial charge in [-0.3, -0.25) is 4.98 Å². The van der Waals surface area contributed by atoms with Crippen LogP contribution in [-0.4, -0.2) is 11.5 Å². The van der Waals surface area contributed by atoms with E-state index in [0.29, 0.717) is 16.0 Å². The molecule has 0 amide bonds. The molecule has 29 heavy (non-hydrogen) atoms. The Morgan fingerprint density at radius 2 is 2.00 bits per heavy atom. The van der Waals surface area contributed by atoms with Crippen molar-refractivity contribution >= 4 is 11.8 Å². The summed E-state index contributed by atoms with van der Waals surface area (Å²) in [6, 6.07) is 2.94. The molecular weight excluding hydrogens is 395 g/mol. The molecule has 0 radical (unpaired) electrons. The van der Waals surface area contributed by atoms with Crippen LogP contribution < -0.4 is 10.6 Å². The van der Waals surface area contributed by atoms with Crippen molar-refractivity contribution in [3.05, 3.63) is 59.2 Å². The zero-order valence-electron chi connectivity index (χ0n) is 16.7. The Bertz CT molecular complexity index is 793. The first-order valence-corrected chi connectivity index (χ1v) is 11.0. The van der Waals surface area contributed by atoms with Crippen LogP contribution in [0.5, 0.6) is 0 Å². The number of allylic oxidation sites excluding steroid dienone is 2. The van der Waals surface area contributed by atoms with E-state index in [9.17, 15) is 13.2 Å². The first kappa shape index (κ1) is 21.8. The third kappa shape index (κ3) is 5.59. The summed E-state index contributed by atoms with van der Waals surface area (Å²) in [4.78, 5) is 4.22. The van der Waals surface area contributed by atoms with Gasteiger partial charge in [-0.1, -0.05) is 44.5 Å². The highest BCUT2D eigenvalue weighted by molar-refractivity contribution is 8.03. The van der Waals surface area contributed by atoms with Crippen LogP contribution in [0.1, 0.15) is 57.6 Å². The first-order chi connectivity index (χ1) is 13.8. The summed E-state index contributed by atoms with van der Waals surface area (Å²) in [6.07, 6.45) is 9.27. The SMILES string of the molecule is C=C1NC(NCCC2(CCC)CCCC2)=CC=C1Sc1cccnc1C(F)(F)F. The maximum atomic E-state index is 13.2. The Balaban J connectivity index is 1.61. The smallest absolute Gasteiger partial charge is 0.372 e. The summed E-state index contributed by atoms with van der Waals surface area (Å²) in [6.45, 7) is 7.11. The molecule has 0 saturated heterocycles. The molecule has 3 nitrogen and oxygen atoms in total. The molecule has 7 heteroatoms. The summed E-state index contributed by atoms with van der Waals surface area (Å²) >= 11 is 1.02. The van der Waals surface area contributed by atoms with E-state index in [0.717, 1.165) is 36.7 Å². The molecule has 0 bridgehead atoms. The van der Waals surface area contributed by atoms with Gasteiger partial charge in [-0.15, -0.1) is 0 Å². The Hall–Kier alpha value is -1.89. The lowest BCUT2D eigenvalue weighted by atomic mass is 9.79. The third-order valence-electron chi connectivity index (χ3n) is 5.66. The number of alkyl halides is 3. The highest BCUT2D eigenvalue weighted by atomic mass is 32.2. The standard InChI is InChI=1S/C22H28F3N3S/c1-3-10-21(11-4-5-12-21)13-15-26-19-9-8-17(16(2)28-19)29-18-7-6-14-27-20(18)22(23,24)25/h6-9,14,26,28H,2-5,10-13,15H2,1H3. The highest BCUT2D eigenvalue weighted by Gasteiger charge is 2.36. The van der Waals surface area contributed by atoms with Crippen LogP contribution in [0.15, 0.2) is 58.4 Å². The summed E-state index contributed by atoms with van der Waals surface area (Å²) in [5.74, 6) is 0.839. The van der Waals surface area contributed by atoms with Crippen molar-refractivity contribution in [1.82, 2.24) is 15.6 Å². The Morgan fingerprint density at radius 3 is 2.66 bits per heavy atom. The maximum absolute atomic E-state index is 13.2. The quantitative estimate of drug-likeness (QED) is 0.509. The maximum Gasteiger partial charge on any atom is 0.434 e. The van der Waals surface area contributed by atoms with Gasteiger partial charge in [0.05, 0.1) is 0 Å². The van der Waals surface area contributed by atoms with Crippen molar-refractivity contribution in [1.29, 1.82) is 0 Å². The van der Waals surface area contributed by atoms with Gasteiger partial charge in [-0.25, -0.2) is 0 Å². The first-order valence-electron chi connectivity index (χ1n) is 10.2. The van der Waals surface area contributed by atoms with E-state index in [1.807, 2.05) is 6.08 Å². The summed E-state index contributed by atoms with van der Waals surface area (Å²) in [5, 5.41) is 6.60. The predicted octanol–water partition coefficient (Wildman–Crippen LogP) is 6.37. The minimum absolute atomic E-state index is 0.0711. The monoisotopic (exact) mass is 423 g/mol. The molecule has 1 aliphatic heterocycles. The fourth-order valence-electron chi connectivity index (χ4n) is 4.27. The van der Waals surface area contributed by atoms with E-state index >= 15 is 0 Å². The van der Waals surface area contributed by atoms with Crippen LogP contribution in [0.2, 0.25) is 0 Å². The van der Waals surface area contributed by atoms with Crippen molar-refractivity contribution in [2.75, 3.05) is 6.54 Å². The molecule has 3 rings (SSSR count). The Labute approximate surface area is 174 Å². The van der Waals surface area contributed by atoms with E-state index in [-0.39, 0.29) is 4.90 Å². The lowest BCUT2D eigenvalue weighted by molar-refractivity contribution is -0.143. The van der Waals surface area contributed by atoms with E-state index in [4.69, 9.17) is 0 Å². The van der Waals surface area contributed by atoms with Gasteiger partial charge < -0.3 is 10.6 Å². The molecule has 2 aliphatic rings. The molecule has 1 aromatic heterocycles. The molecular formula is C22H28F3N3S. The number of aromatic nitrogens is 1. The van der Waals surface area contributed by atoms with Crippen molar-refractivity contribution in [3.63, 3.8) is 0 Å². The van der Waals surface area contributed by atoms with Crippen molar-refractivity contribution < 1.29 is 13.2 Å². The molecule has 1 fully saturated rings.